The van der Waals surface area contributed by atoms with Gasteiger partial charge < -0.3 is 10.4 Å². The minimum atomic E-state index is -0.941. The molecule has 0 saturated heterocycles. The Morgan fingerprint density at radius 3 is 2.67 bits per heavy atom. The maximum atomic E-state index is 10.9. The van der Waals surface area contributed by atoms with Crippen molar-refractivity contribution in [1.82, 2.24) is 4.98 Å². The number of hydrogen-bond acceptors (Lipinski definition) is 3. The third-order valence-corrected chi connectivity index (χ3v) is 2.52. The Morgan fingerprint density at radius 1 is 1.28 bits per heavy atom. The van der Waals surface area contributed by atoms with E-state index in [0.717, 1.165) is 5.56 Å². The normalized spacial score (nSPS) is 10.1. The fourth-order valence-electron chi connectivity index (χ4n) is 1.67. The second-order valence-corrected chi connectivity index (χ2v) is 4.03. The highest BCUT2D eigenvalue weighted by atomic mass is 16.4. The Labute approximate surface area is 105 Å². The molecule has 1 aromatic heterocycles. The molecule has 0 atom stereocenters. The maximum Gasteiger partial charge on any atom is 0.335 e. The molecule has 0 radical (unpaired) electrons. The van der Waals surface area contributed by atoms with Gasteiger partial charge in [0.25, 0.3) is 0 Å². The van der Waals surface area contributed by atoms with Crippen LogP contribution in [-0.4, -0.2) is 16.1 Å². The van der Waals surface area contributed by atoms with Gasteiger partial charge in [-0.15, -0.1) is 0 Å². The fourth-order valence-corrected chi connectivity index (χ4v) is 1.67. The summed E-state index contributed by atoms with van der Waals surface area (Å²) >= 11 is 0. The number of carbonyl (C=O) groups is 1. The van der Waals surface area contributed by atoms with Crippen LogP contribution in [0, 0.1) is 6.92 Å². The molecule has 0 aliphatic rings. The quantitative estimate of drug-likeness (QED) is 0.865. The Hall–Kier alpha value is -2.36. The molecular formula is C14H14N2O2. The highest BCUT2D eigenvalue weighted by Crippen LogP contribution is 2.11. The van der Waals surface area contributed by atoms with E-state index >= 15 is 0 Å². The molecule has 0 fully saturated rings. The topological polar surface area (TPSA) is 62.2 Å². The van der Waals surface area contributed by atoms with Gasteiger partial charge in [-0.05, 0) is 24.6 Å². The Kier molecular flexibility index (Phi) is 3.57. The number of rotatable bonds is 4. The number of carboxylic acids is 1. The van der Waals surface area contributed by atoms with Crippen LogP contribution >= 0.6 is 0 Å². The maximum absolute atomic E-state index is 10.9. The van der Waals surface area contributed by atoms with Crippen molar-refractivity contribution in [3.8, 4) is 0 Å². The Balaban J connectivity index is 2.12. The molecule has 0 spiro atoms. The summed E-state index contributed by atoms with van der Waals surface area (Å²) in [6, 6.07) is 13.0. The number of benzene rings is 1. The molecule has 0 aliphatic carbocycles. The molecule has 0 amide bonds. The van der Waals surface area contributed by atoms with E-state index in [2.05, 4.69) is 10.3 Å². The summed E-state index contributed by atoms with van der Waals surface area (Å²) < 4.78 is 0. The molecule has 4 nitrogen and oxygen atoms in total. The highest BCUT2D eigenvalue weighted by Gasteiger charge is 2.06. The van der Waals surface area contributed by atoms with Crippen molar-refractivity contribution in [1.29, 1.82) is 0 Å². The molecule has 92 valence electrons. The Bertz CT molecular complexity index is 553. The molecule has 4 heteroatoms. The lowest BCUT2D eigenvalue weighted by molar-refractivity contribution is 0.0696. The van der Waals surface area contributed by atoms with E-state index in [1.54, 1.807) is 13.0 Å². The number of nitrogens with one attached hydrogen (secondary N) is 1. The smallest absolute Gasteiger partial charge is 0.335 e. The second kappa shape index (κ2) is 5.31. The van der Waals surface area contributed by atoms with E-state index in [4.69, 9.17) is 5.11 Å². The summed E-state index contributed by atoms with van der Waals surface area (Å²) in [4.78, 5) is 15.2. The van der Waals surface area contributed by atoms with Crippen molar-refractivity contribution in [2.45, 2.75) is 13.5 Å². The van der Waals surface area contributed by atoms with Crippen LogP contribution in [0.5, 0.6) is 0 Å². The van der Waals surface area contributed by atoms with Crippen LogP contribution < -0.4 is 5.32 Å². The van der Waals surface area contributed by atoms with E-state index in [9.17, 15) is 4.79 Å². The van der Waals surface area contributed by atoms with E-state index in [1.165, 1.54) is 6.07 Å². The monoisotopic (exact) mass is 242 g/mol. The lowest BCUT2D eigenvalue weighted by Crippen LogP contribution is -2.05. The second-order valence-electron chi connectivity index (χ2n) is 4.03. The number of anilines is 1. The molecule has 2 aromatic rings. The number of nitrogens with zero attached hydrogens (tertiary/aromatic N) is 1. The fraction of sp³-hybridized carbons (Fsp3) is 0.143. The first-order chi connectivity index (χ1) is 8.65. The number of aromatic carboxylic acids is 1. The summed E-state index contributed by atoms with van der Waals surface area (Å²) in [6.07, 6.45) is 0. The van der Waals surface area contributed by atoms with Gasteiger partial charge in [-0.3, -0.25) is 0 Å². The zero-order valence-electron chi connectivity index (χ0n) is 10.1. The standard InChI is InChI=1S/C14H14N2O2/c1-10-7-12(14(17)18)8-13(16-10)15-9-11-5-3-2-4-6-11/h2-8H,9H2,1H3,(H,15,16)(H,17,18). The van der Waals surface area contributed by atoms with Gasteiger partial charge in [-0.2, -0.15) is 0 Å². The van der Waals surface area contributed by atoms with Crippen molar-refractivity contribution < 1.29 is 9.90 Å². The van der Waals surface area contributed by atoms with Crippen molar-refractivity contribution in [3.63, 3.8) is 0 Å². The predicted molar refractivity (Wildman–Crippen MR) is 69.7 cm³/mol. The van der Waals surface area contributed by atoms with Crippen molar-refractivity contribution in [2.24, 2.45) is 0 Å². The van der Waals surface area contributed by atoms with Gasteiger partial charge >= 0.3 is 5.97 Å². The van der Waals surface area contributed by atoms with Crippen LogP contribution in [0.2, 0.25) is 0 Å². The molecule has 0 bridgehead atoms. The van der Waals surface area contributed by atoms with Crippen LogP contribution in [0.4, 0.5) is 5.82 Å². The molecule has 2 N–H and O–H groups in total. The number of aromatic nitrogens is 1. The molecule has 0 saturated carbocycles. The number of carboxylic acid groups (broad SMARTS) is 1. The first-order valence-corrected chi connectivity index (χ1v) is 5.65. The average Bonchev–Trinajstić information content (AvgIpc) is 2.37. The first kappa shape index (κ1) is 12.1. The van der Waals surface area contributed by atoms with Crippen molar-refractivity contribution in [3.05, 3.63) is 59.3 Å². The molecule has 2 rings (SSSR count). The van der Waals surface area contributed by atoms with E-state index in [0.29, 0.717) is 18.1 Å². The first-order valence-electron chi connectivity index (χ1n) is 5.65. The summed E-state index contributed by atoms with van der Waals surface area (Å²) in [7, 11) is 0. The zero-order chi connectivity index (χ0) is 13.0. The van der Waals surface area contributed by atoms with Crippen molar-refractivity contribution >= 4 is 11.8 Å². The summed E-state index contributed by atoms with van der Waals surface area (Å²) in [5.41, 5.74) is 2.06. The Morgan fingerprint density at radius 2 is 2.00 bits per heavy atom. The van der Waals surface area contributed by atoms with E-state index in [-0.39, 0.29) is 5.56 Å². The molecule has 18 heavy (non-hydrogen) atoms. The van der Waals surface area contributed by atoms with Gasteiger partial charge in [0.15, 0.2) is 0 Å². The lowest BCUT2D eigenvalue weighted by atomic mass is 10.2. The molecule has 1 aromatic carbocycles. The zero-order valence-corrected chi connectivity index (χ0v) is 10.1. The summed E-state index contributed by atoms with van der Waals surface area (Å²) in [5.74, 6) is -0.362. The predicted octanol–water partition coefficient (Wildman–Crippen LogP) is 2.70. The third-order valence-electron chi connectivity index (χ3n) is 2.52. The molecular weight excluding hydrogens is 228 g/mol. The minimum absolute atomic E-state index is 0.248. The van der Waals surface area contributed by atoms with Gasteiger partial charge in [0, 0.05) is 12.2 Å². The van der Waals surface area contributed by atoms with Crippen LogP contribution in [0.15, 0.2) is 42.5 Å². The molecule has 1 heterocycles. The van der Waals surface area contributed by atoms with Gasteiger partial charge in [0.2, 0.25) is 0 Å². The van der Waals surface area contributed by atoms with Gasteiger partial charge in [0.1, 0.15) is 5.82 Å². The lowest BCUT2D eigenvalue weighted by Gasteiger charge is -2.07. The number of hydrogen-bond donors (Lipinski definition) is 2. The molecule has 0 unspecified atom stereocenters. The third kappa shape index (κ3) is 3.07. The molecule has 0 aliphatic heterocycles. The van der Waals surface area contributed by atoms with Gasteiger partial charge in [-0.1, -0.05) is 30.3 Å². The van der Waals surface area contributed by atoms with Gasteiger partial charge in [0.05, 0.1) is 5.56 Å². The summed E-state index contributed by atoms with van der Waals surface area (Å²) in [6.45, 7) is 2.40. The van der Waals surface area contributed by atoms with E-state index < -0.39 is 5.97 Å². The van der Waals surface area contributed by atoms with Crippen LogP contribution in [0.1, 0.15) is 21.6 Å². The van der Waals surface area contributed by atoms with E-state index in [1.807, 2.05) is 30.3 Å². The highest BCUT2D eigenvalue weighted by molar-refractivity contribution is 5.88. The SMILES string of the molecule is Cc1cc(C(=O)O)cc(NCc2ccccc2)n1. The van der Waals surface area contributed by atoms with Gasteiger partial charge in [-0.25, -0.2) is 9.78 Å². The van der Waals surface area contributed by atoms with Crippen LogP contribution in [-0.2, 0) is 6.54 Å². The van der Waals surface area contributed by atoms with Crippen LogP contribution in [0.3, 0.4) is 0 Å². The number of pyridine rings is 1. The largest absolute Gasteiger partial charge is 0.478 e. The average molecular weight is 242 g/mol. The van der Waals surface area contributed by atoms with Crippen molar-refractivity contribution in [2.75, 3.05) is 5.32 Å². The minimum Gasteiger partial charge on any atom is -0.478 e. The number of aryl methyl sites for hydroxylation is 1. The van der Waals surface area contributed by atoms with Crippen LogP contribution in [0.25, 0.3) is 0 Å². The summed E-state index contributed by atoms with van der Waals surface area (Å²) in [5, 5.41) is 12.1.